The van der Waals surface area contributed by atoms with Gasteiger partial charge in [0.25, 0.3) is 0 Å². The van der Waals surface area contributed by atoms with Crippen molar-refractivity contribution in [3.63, 3.8) is 0 Å². The van der Waals surface area contributed by atoms with Crippen LogP contribution in [0.5, 0.6) is 0 Å². The van der Waals surface area contributed by atoms with Crippen LogP contribution in [-0.4, -0.2) is 11.9 Å². The molecule has 4 nitrogen and oxygen atoms in total. The first-order valence-corrected chi connectivity index (χ1v) is 6.70. The quantitative estimate of drug-likeness (QED) is 0.693. The second-order valence-electron chi connectivity index (χ2n) is 4.46. The van der Waals surface area contributed by atoms with Crippen LogP contribution in [0.1, 0.15) is 25.6 Å². The van der Waals surface area contributed by atoms with E-state index >= 15 is 0 Å². The summed E-state index contributed by atoms with van der Waals surface area (Å²) in [4.78, 5) is 23.4. The van der Waals surface area contributed by atoms with Gasteiger partial charge >= 0.3 is 5.97 Å². The Balaban J connectivity index is 2.47. The molecule has 0 radical (unpaired) electrons. The Hall–Kier alpha value is -1.88. The Morgan fingerprint density at radius 1 is 1.26 bits per heavy atom. The summed E-state index contributed by atoms with van der Waals surface area (Å²) in [6.07, 6.45) is 0. The second kappa shape index (κ2) is 5.01. The van der Waals surface area contributed by atoms with Crippen LogP contribution >= 0.6 is 11.3 Å². The Morgan fingerprint density at radius 2 is 1.95 bits per heavy atom. The van der Waals surface area contributed by atoms with Crippen LogP contribution < -0.4 is 5.32 Å². The number of nitrogens with one attached hydrogen (secondary N) is 1. The van der Waals surface area contributed by atoms with Crippen molar-refractivity contribution < 1.29 is 14.3 Å². The molecule has 2 aromatic rings. The van der Waals surface area contributed by atoms with E-state index in [0.717, 1.165) is 15.0 Å². The maximum absolute atomic E-state index is 11.3. The number of hydrogen-bond donors (Lipinski definition) is 1. The number of ether oxygens (including phenoxy) is 1. The van der Waals surface area contributed by atoms with E-state index in [0.29, 0.717) is 0 Å². The molecule has 1 atom stereocenters. The second-order valence-corrected chi connectivity index (χ2v) is 5.54. The fourth-order valence-corrected chi connectivity index (χ4v) is 3.08. The Morgan fingerprint density at radius 3 is 2.53 bits per heavy atom. The average Bonchev–Trinajstić information content (AvgIpc) is 2.70. The van der Waals surface area contributed by atoms with Crippen LogP contribution in [0.25, 0.3) is 10.1 Å². The van der Waals surface area contributed by atoms with E-state index < -0.39 is 11.7 Å². The van der Waals surface area contributed by atoms with Crippen LogP contribution in [0.2, 0.25) is 0 Å². The molecule has 1 aromatic heterocycles. The SMILES string of the molecule is CC(=O)NC(C)(OC(C)=O)c1cc2ccccc2s1. The molecule has 0 spiro atoms. The van der Waals surface area contributed by atoms with Crippen LogP contribution in [-0.2, 0) is 20.1 Å². The molecule has 0 saturated carbocycles. The molecular weight excluding hydrogens is 262 g/mol. The number of rotatable bonds is 3. The molecule has 0 fully saturated rings. The first-order chi connectivity index (χ1) is 8.90. The Labute approximate surface area is 115 Å². The van der Waals surface area contributed by atoms with E-state index in [2.05, 4.69) is 5.32 Å². The molecule has 100 valence electrons. The van der Waals surface area contributed by atoms with Crippen molar-refractivity contribution in [3.05, 3.63) is 35.2 Å². The smallest absolute Gasteiger partial charge is 0.305 e. The van der Waals surface area contributed by atoms with Gasteiger partial charge in [-0.1, -0.05) is 18.2 Å². The van der Waals surface area contributed by atoms with Gasteiger partial charge in [-0.05, 0) is 17.5 Å². The highest BCUT2D eigenvalue weighted by Gasteiger charge is 2.33. The van der Waals surface area contributed by atoms with Gasteiger partial charge in [0.1, 0.15) is 0 Å². The van der Waals surface area contributed by atoms with E-state index in [1.807, 2.05) is 30.3 Å². The first kappa shape index (κ1) is 13.5. The summed E-state index contributed by atoms with van der Waals surface area (Å²) in [5, 5.41) is 3.75. The number of carbonyl (C=O) groups is 2. The number of thiophene rings is 1. The number of fused-ring (bicyclic) bond motifs is 1. The summed E-state index contributed by atoms with van der Waals surface area (Å²) in [6.45, 7) is 4.41. The summed E-state index contributed by atoms with van der Waals surface area (Å²) in [7, 11) is 0. The highest BCUT2D eigenvalue weighted by Crippen LogP contribution is 2.34. The van der Waals surface area contributed by atoms with Gasteiger partial charge in [0.05, 0.1) is 4.88 Å². The van der Waals surface area contributed by atoms with Crippen LogP contribution in [0.3, 0.4) is 0 Å². The molecule has 1 amide bonds. The molecule has 2 rings (SSSR count). The fourth-order valence-electron chi connectivity index (χ4n) is 1.98. The van der Waals surface area contributed by atoms with Crippen molar-refractivity contribution >= 4 is 33.3 Å². The molecule has 1 unspecified atom stereocenters. The number of carbonyl (C=O) groups excluding carboxylic acids is 2. The van der Waals surface area contributed by atoms with Crippen molar-refractivity contribution in [1.82, 2.24) is 5.32 Å². The van der Waals surface area contributed by atoms with E-state index in [9.17, 15) is 9.59 Å². The van der Waals surface area contributed by atoms with Gasteiger partial charge in [0, 0.05) is 25.5 Å². The summed E-state index contributed by atoms with van der Waals surface area (Å²) < 4.78 is 6.39. The van der Waals surface area contributed by atoms with Crippen molar-refractivity contribution in [3.8, 4) is 0 Å². The molecule has 1 N–H and O–H groups in total. The zero-order chi connectivity index (χ0) is 14.0. The molecule has 0 saturated heterocycles. The summed E-state index contributed by atoms with van der Waals surface area (Å²) in [5.41, 5.74) is -1.12. The van der Waals surface area contributed by atoms with Gasteiger partial charge in [-0.2, -0.15) is 0 Å². The lowest BCUT2D eigenvalue weighted by molar-refractivity contribution is -0.161. The summed E-state index contributed by atoms with van der Waals surface area (Å²) >= 11 is 1.50. The van der Waals surface area contributed by atoms with E-state index in [1.165, 1.54) is 25.2 Å². The third-order valence-electron chi connectivity index (χ3n) is 2.66. The van der Waals surface area contributed by atoms with E-state index in [4.69, 9.17) is 4.74 Å². The lowest BCUT2D eigenvalue weighted by Gasteiger charge is -2.28. The number of hydrogen-bond acceptors (Lipinski definition) is 4. The molecule has 0 aliphatic rings. The Bertz CT molecular complexity index is 583. The summed E-state index contributed by atoms with van der Waals surface area (Å²) in [6, 6.07) is 9.80. The van der Waals surface area contributed by atoms with Crippen LogP contribution in [0.15, 0.2) is 30.3 Å². The zero-order valence-corrected chi connectivity index (χ0v) is 11.8. The molecule has 0 aliphatic carbocycles. The molecular formula is C14H15NO3S. The zero-order valence-electron chi connectivity index (χ0n) is 11.0. The number of esters is 1. The molecule has 0 bridgehead atoms. The topological polar surface area (TPSA) is 55.4 Å². The van der Waals surface area contributed by atoms with Crippen LogP contribution in [0.4, 0.5) is 0 Å². The van der Waals surface area contributed by atoms with Gasteiger partial charge in [-0.15, -0.1) is 11.3 Å². The van der Waals surface area contributed by atoms with Gasteiger partial charge < -0.3 is 10.1 Å². The predicted octanol–water partition coefficient (Wildman–Crippen LogP) is 2.77. The molecule has 0 aliphatic heterocycles. The summed E-state index contributed by atoms with van der Waals surface area (Å²) in [5.74, 6) is -0.685. The minimum absolute atomic E-state index is 0.249. The minimum Gasteiger partial charge on any atom is -0.434 e. The minimum atomic E-state index is -1.12. The third kappa shape index (κ3) is 2.93. The number of benzene rings is 1. The largest absolute Gasteiger partial charge is 0.434 e. The Kier molecular flexibility index (Phi) is 3.57. The lowest BCUT2D eigenvalue weighted by atomic mass is 10.1. The maximum atomic E-state index is 11.3. The van der Waals surface area contributed by atoms with E-state index in [1.54, 1.807) is 6.92 Å². The van der Waals surface area contributed by atoms with Gasteiger partial charge in [-0.3, -0.25) is 9.59 Å². The third-order valence-corrected chi connectivity index (χ3v) is 3.98. The molecule has 19 heavy (non-hydrogen) atoms. The van der Waals surface area contributed by atoms with Crippen molar-refractivity contribution in [2.24, 2.45) is 0 Å². The fraction of sp³-hybridized carbons (Fsp3) is 0.286. The van der Waals surface area contributed by atoms with Crippen LogP contribution in [0, 0.1) is 0 Å². The van der Waals surface area contributed by atoms with Gasteiger partial charge in [0.2, 0.25) is 11.6 Å². The van der Waals surface area contributed by atoms with Gasteiger partial charge in [-0.25, -0.2) is 0 Å². The van der Waals surface area contributed by atoms with Crippen molar-refractivity contribution in [2.75, 3.05) is 0 Å². The van der Waals surface area contributed by atoms with Crippen molar-refractivity contribution in [1.29, 1.82) is 0 Å². The standard InChI is InChI=1S/C14H15NO3S/c1-9(16)15-14(3,18-10(2)17)13-8-11-6-4-5-7-12(11)19-13/h4-8H,1-3H3,(H,15,16). The first-order valence-electron chi connectivity index (χ1n) is 5.88. The molecule has 1 heterocycles. The highest BCUT2D eigenvalue weighted by molar-refractivity contribution is 7.19. The lowest BCUT2D eigenvalue weighted by Crippen LogP contribution is -2.45. The van der Waals surface area contributed by atoms with Gasteiger partial charge in [0.15, 0.2) is 0 Å². The van der Waals surface area contributed by atoms with E-state index in [-0.39, 0.29) is 5.91 Å². The normalized spacial score (nSPS) is 13.8. The van der Waals surface area contributed by atoms with Crippen molar-refractivity contribution in [2.45, 2.75) is 26.5 Å². The predicted molar refractivity (Wildman–Crippen MR) is 74.8 cm³/mol. The average molecular weight is 277 g/mol. The maximum Gasteiger partial charge on any atom is 0.305 e. The monoisotopic (exact) mass is 277 g/mol. The highest BCUT2D eigenvalue weighted by atomic mass is 32.1. The molecule has 5 heteroatoms. The molecule has 1 aromatic carbocycles. The number of amides is 1.